The molecule has 0 bridgehead atoms. The Kier molecular flexibility index (Phi) is 20.3. The van der Waals surface area contributed by atoms with Gasteiger partial charge in [-0.1, -0.05) is 0 Å². The van der Waals surface area contributed by atoms with Gasteiger partial charge in [-0.3, -0.25) is 20.0 Å². The summed E-state index contributed by atoms with van der Waals surface area (Å²) >= 11 is 0. The Morgan fingerprint density at radius 1 is 0.455 bits per heavy atom. The summed E-state index contributed by atoms with van der Waals surface area (Å²) in [5.41, 5.74) is 0. The summed E-state index contributed by atoms with van der Waals surface area (Å²) in [5.74, 6) is 0. The minimum atomic E-state index is 0. The van der Waals surface area contributed by atoms with Crippen molar-refractivity contribution in [3.05, 3.63) is 0 Å². The van der Waals surface area contributed by atoms with Crippen LogP contribution in [0.2, 0.25) is 0 Å². The smallest absolute Gasteiger partial charge is 0.169 e. The van der Waals surface area contributed by atoms with Crippen molar-refractivity contribution in [3.8, 4) is 0 Å². The zero-order valence-corrected chi connectivity index (χ0v) is 14.4. The lowest BCUT2D eigenvalue weighted by Gasteiger charge is -1.76. The molecule has 0 atom stereocenters. The normalized spacial score (nSPS) is 17.5. The standard InChI is InChI=1S/4C3H5NO.2H2S/c4*1-2-5-3-4-1;;/h4*3H,1-2H2;2*1H2. The van der Waals surface area contributed by atoms with Gasteiger partial charge in [-0.05, 0) is 0 Å². The Morgan fingerprint density at radius 3 is 0.727 bits per heavy atom. The van der Waals surface area contributed by atoms with Gasteiger partial charge in [0.15, 0.2) is 25.6 Å². The molecule has 0 N–H and O–H groups in total. The predicted molar refractivity (Wildman–Crippen MR) is 98.0 cm³/mol. The van der Waals surface area contributed by atoms with E-state index in [0.29, 0.717) is 0 Å². The first-order chi connectivity index (χ1) is 10.0. The lowest BCUT2D eigenvalue weighted by atomic mass is 10.8. The summed E-state index contributed by atoms with van der Waals surface area (Å²) in [5, 5.41) is 0. The third-order valence-corrected chi connectivity index (χ3v) is 1.95. The van der Waals surface area contributed by atoms with Gasteiger partial charge >= 0.3 is 0 Å². The lowest BCUT2D eigenvalue weighted by molar-refractivity contribution is 0.361. The van der Waals surface area contributed by atoms with Crippen LogP contribution < -0.4 is 0 Å². The Balaban J connectivity index is 0. The van der Waals surface area contributed by atoms with E-state index in [2.05, 4.69) is 38.9 Å². The maximum atomic E-state index is 4.65. The zero-order chi connectivity index (χ0) is 14.1. The molecule has 0 aromatic carbocycles. The van der Waals surface area contributed by atoms with Crippen LogP contribution in [0.15, 0.2) is 20.0 Å². The van der Waals surface area contributed by atoms with Crippen LogP contribution in [-0.2, 0) is 18.9 Å². The second-order valence-corrected chi connectivity index (χ2v) is 3.53. The molecule has 0 fully saturated rings. The fourth-order valence-corrected chi connectivity index (χ4v) is 1.05. The first-order valence-electron chi connectivity index (χ1n) is 6.40. The van der Waals surface area contributed by atoms with E-state index in [1.807, 2.05) is 0 Å². The van der Waals surface area contributed by atoms with Gasteiger partial charge in [0.05, 0.1) is 26.2 Å². The highest BCUT2D eigenvalue weighted by Crippen LogP contribution is 1.80. The van der Waals surface area contributed by atoms with Crippen molar-refractivity contribution in [2.45, 2.75) is 0 Å². The van der Waals surface area contributed by atoms with Crippen LogP contribution in [0.3, 0.4) is 0 Å². The van der Waals surface area contributed by atoms with Crippen LogP contribution in [0.4, 0.5) is 0 Å². The quantitative estimate of drug-likeness (QED) is 0.632. The SMILES string of the molecule is C1=NCCO1.C1=NCCO1.C1=NCCO1.C1=NCCO1.S.S. The van der Waals surface area contributed by atoms with E-state index in [-0.39, 0.29) is 27.0 Å². The molecule has 0 saturated carbocycles. The number of aliphatic imine (C=N–C) groups is 4. The first kappa shape index (κ1) is 22.9. The van der Waals surface area contributed by atoms with Gasteiger partial charge in [0.1, 0.15) is 26.4 Å². The largest absolute Gasteiger partial charge is 0.482 e. The summed E-state index contributed by atoms with van der Waals surface area (Å²) in [6.45, 7) is 6.50. The molecular weight excluding hydrogens is 328 g/mol. The number of nitrogens with zero attached hydrogens (tertiary/aromatic N) is 4. The Morgan fingerprint density at radius 2 is 0.682 bits per heavy atom. The minimum absolute atomic E-state index is 0. The molecule has 4 aliphatic heterocycles. The summed E-state index contributed by atoms with van der Waals surface area (Å²) in [6.07, 6.45) is 5.94. The Hall–Kier alpha value is -1.42. The average Bonchev–Trinajstić information content (AvgIpc) is 3.40. The van der Waals surface area contributed by atoms with Crippen LogP contribution in [0.1, 0.15) is 0 Å². The molecule has 0 unspecified atom stereocenters. The maximum Gasteiger partial charge on any atom is 0.169 e. The summed E-state index contributed by atoms with van der Waals surface area (Å²) in [4.78, 5) is 14.9. The average molecular weight is 352 g/mol. The molecule has 0 amide bonds. The third-order valence-electron chi connectivity index (χ3n) is 1.95. The highest BCUT2D eigenvalue weighted by Gasteiger charge is 1.86. The number of rotatable bonds is 0. The molecular formula is C12H24N4O4S2. The molecule has 8 nitrogen and oxygen atoms in total. The molecule has 0 spiro atoms. The second kappa shape index (κ2) is 19.6. The highest BCUT2D eigenvalue weighted by atomic mass is 32.1. The highest BCUT2D eigenvalue weighted by molar-refractivity contribution is 7.59. The number of ether oxygens (including phenoxy) is 4. The van der Waals surface area contributed by atoms with Crippen LogP contribution in [-0.4, -0.2) is 78.2 Å². The summed E-state index contributed by atoms with van der Waals surface area (Å²) < 4.78 is 18.6. The van der Waals surface area contributed by atoms with E-state index in [4.69, 9.17) is 0 Å². The fraction of sp³-hybridized carbons (Fsp3) is 0.667. The van der Waals surface area contributed by atoms with Crippen LogP contribution in [0.25, 0.3) is 0 Å². The van der Waals surface area contributed by atoms with Gasteiger partial charge in [0.2, 0.25) is 0 Å². The zero-order valence-electron chi connectivity index (χ0n) is 12.4. The van der Waals surface area contributed by atoms with E-state index in [1.165, 1.54) is 25.6 Å². The fourth-order valence-electron chi connectivity index (χ4n) is 1.05. The third kappa shape index (κ3) is 16.6. The van der Waals surface area contributed by atoms with Gasteiger partial charge in [-0.25, -0.2) is 0 Å². The molecule has 0 aliphatic carbocycles. The monoisotopic (exact) mass is 352 g/mol. The lowest BCUT2D eigenvalue weighted by Crippen LogP contribution is -1.80. The predicted octanol–water partition coefficient (Wildman–Crippen LogP) is 0.405. The van der Waals surface area contributed by atoms with Gasteiger partial charge in [0, 0.05) is 0 Å². The van der Waals surface area contributed by atoms with Crippen molar-refractivity contribution >= 4 is 52.6 Å². The van der Waals surface area contributed by atoms with Gasteiger partial charge < -0.3 is 18.9 Å². The molecule has 4 aliphatic rings. The summed E-state index contributed by atoms with van der Waals surface area (Å²) in [6, 6.07) is 0. The molecule has 0 radical (unpaired) electrons. The second-order valence-electron chi connectivity index (χ2n) is 3.53. The molecule has 0 aromatic heterocycles. The molecule has 10 heteroatoms. The van der Waals surface area contributed by atoms with E-state index in [0.717, 1.165) is 52.6 Å². The molecule has 4 rings (SSSR count). The van der Waals surface area contributed by atoms with Crippen molar-refractivity contribution < 1.29 is 18.9 Å². The molecule has 22 heavy (non-hydrogen) atoms. The van der Waals surface area contributed by atoms with Crippen molar-refractivity contribution in [2.75, 3.05) is 52.6 Å². The molecule has 0 saturated heterocycles. The molecule has 4 heterocycles. The van der Waals surface area contributed by atoms with Crippen molar-refractivity contribution in [1.29, 1.82) is 0 Å². The number of hydrogen-bond donors (Lipinski definition) is 0. The van der Waals surface area contributed by atoms with Gasteiger partial charge in [-0.15, -0.1) is 0 Å². The Bertz CT molecular complexity index is 253. The topological polar surface area (TPSA) is 86.4 Å². The number of hydrogen-bond acceptors (Lipinski definition) is 8. The maximum absolute atomic E-state index is 4.65. The van der Waals surface area contributed by atoms with E-state index >= 15 is 0 Å². The van der Waals surface area contributed by atoms with Crippen molar-refractivity contribution in [1.82, 2.24) is 0 Å². The van der Waals surface area contributed by atoms with E-state index in [9.17, 15) is 0 Å². The van der Waals surface area contributed by atoms with Crippen LogP contribution in [0, 0.1) is 0 Å². The molecule has 128 valence electrons. The molecule has 0 aromatic rings. The van der Waals surface area contributed by atoms with Crippen LogP contribution >= 0.6 is 27.0 Å². The summed E-state index contributed by atoms with van der Waals surface area (Å²) in [7, 11) is 0. The van der Waals surface area contributed by atoms with E-state index < -0.39 is 0 Å². The van der Waals surface area contributed by atoms with E-state index in [1.54, 1.807) is 0 Å². The minimum Gasteiger partial charge on any atom is -0.482 e. The van der Waals surface area contributed by atoms with Crippen molar-refractivity contribution in [3.63, 3.8) is 0 Å². The first-order valence-corrected chi connectivity index (χ1v) is 6.40. The van der Waals surface area contributed by atoms with Crippen LogP contribution in [0.5, 0.6) is 0 Å². The van der Waals surface area contributed by atoms with Gasteiger partial charge in [0.25, 0.3) is 0 Å². The Labute approximate surface area is 144 Å². The van der Waals surface area contributed by atoms with Crippen molar-refractivity contribution in [2.24, 2.45) is 20.0 Å². The van der Waals surface area contributed by atoms with Gasteiger partial charge in [-0.2, -0.15) is 27.0 Å².